The summed E-state index contributed by atoms with van der Waals surface area (Å²) in [6, 6.07) is 9.08. The van der Waals surface area contributed by atoms with E-state index in [9.17, 15) is 4.79 Å². The van der Waals surface area contributed by atoms with Crippen LogP contribution in [0, 0.1) is 6.92 Å². The Balaban J connectivity index is 2.24. The lowest BCUT2D eigenvalue weighted by Crippen LogP contribution is -2.12. The molecular formula is C13H10Br2N2O. The highest BCUT2D eigenvalue weighted by Gasteiger charge is 2.09. The van der Waals surface area contributed by atoms with Crippen LogP contribution in [0.5, 0.6) is 0 Å². The molecule has 0 radical (unpaired) electrons. The molecule has 0 saturated heterocycles. The zero-order valence-corrected chi connectivity index (χ0v) is 12.7. The molecule has 0 atom stereocenters. The highest BCUT2D eigenvalue weighted by molar-refractivity contribution is 9.10. The monoisotopic (exact) mass is 368 g/mol. The molecule has 5 heteroatoms. The summed E-state index contributed by atoms with van der Waals surface area (Å²) in [7, 11) is 0. The second-order valence-corrected chi connectivity index (χ2v) is 5.36. The van der Waals surface area contributed by atoms with Gasteiger partial charge in [0.2, 0.25) is 0 Å². The van der Waals surface area contributed by atoms with Crippen molar-refractivity contribution in [1.82, 2.24) is 4.98 Å². The van der Waals surface area contributed by atoms with E-state index in [2.05, 4.69) is 42.2 Å². The smallest absolute Gasteiger partial charge is 0.255 e. The number of nitrogens with zero attached hydrogens (tertiary/aromatic N) is 1. The molecule has 1 aromatic heterocycles. The molecule has 0 aliphatic rings. The van der Waals surface area contributed by atoms with Gasteiger partial charge in [-0.1, -0.05) is 12.1 Å². The molecule has 0 aliphatic carbocycles. The second kappa shape index (κ2) is 5.63. The Morgan fingerprint density at radius 3 is 2.78 bits per heavy atom. The maximum Gasteiger partial charge on any atom is 0.255 e. The van der Waals surface area contributed by atoms with Gasteiger partial charge in [-0.05, 0) is 62.5 Å². The summed E-state index contributed by atoms with van der Waals surface area (Å²) in [5.41, 5.74) is 2.39. The highest BCUT2D eigenvalue weighted by atomic mass is 79.9. The minimum Gasteiger partial charge on any atom is -0.321 e. The third-order valence-electron chi connectivity index (χ3n) is 2.43. The number of aryl methyl sites for hydroxylation is 1. The number of amides is 1. The van der Waals surface area contributed by atoms with Gasteiger partial charge >= 0.3 is 0 Å². The van der Waals surface area contributed by atoms with Gasteiger partial charge in [-0.2, -0.15) is 0 Å². The molecule has 1 N–H and O–H groups in total. The van der Waals surface area contributed by atoms with E-state index in [-0.39, 0.29) is 5.91 Å². The van der Waals surface area contributed by atoms with Gasteiger partial charge in [0, 0.05) is 16.2 Å². The number of carbonyl (C=O) groups excluding carboxylic acids is 1. The molecule has 0 spiro atoms. The van der Waals surface area contributed by atoms with Crippen LogP contribution in [-0.4, -0.2) is 10.9 Å². The molecule has 0 unspecified atom stereocenters. The van der Waals surface area contributed by atoms with E-state index in [0.717, 1.165) is 15.7 Å². The van der Waals surface area contributed by atoms with Crippen LogP contribution in [0.4, 0.5) is 5.69 Å². The number of hydrogen-bond acceptors (Lipinski definition) is 2. The molecule has 1 heterocycles. The largest absolute Gasteiger partial charge is 0.321 e. The standard InChI is InChI=1S/C13H10Br2N2O/c1-8-3-2-4-10(12(8)15)17-13(18)9-5-6-16-11(14)7-9/h2-7H,1H3,(H,17,18). The van der Waals surface area contributed by atoms with E-state index in [1.807, 2.05) is 25.1 Å². The first-order valence-electron chi connectivity index (χ1n) is 5.26. The number of carbonyl (C=O) groups is 1. The van der Waals surface area contributed by atoms with Crippen LogP contribution in [0.25, 0.3) is 0 Å². The molecule has 2 aromatic rings. The Kier molecular flexibility index (Phi) is 4.14. The van der Waals surface area contributed by atoms with Crippen molar-refractivity contribution in [2.75, 3.05) is 5.32 Å². The normalized spacial score (nSPS) is 10.2. The Morgan fingerprint density at radius 1 is 1.28 bits per heavy atom. The van der Waals surface area contributed by atoms with Crippen molar-refractivity contribution in [1.29, 1.82) is 0 Å². The second-order valence-electron chi connectivity index (χ2n) is 3.76. The topological polar surface area (TPSA) is 42.0 Å². The van der Waals surface area contributed by atoms with Gasteiger partial charge in [0.05, 0.1) is 5.69 Å². The van der Waals surface area contributed by atoms with Crippen molar-refractivity contribution in [3.8, 4) is 0 Å². The first-order valence-corrected chi connectivity index (χ1v) is 6.84. The number of hydrogen-bond donors (Lipinski definition) is 1. The van der Waals surface area contributed by atoms with E-state index in [4.69, 9.17) is 0 Å². The van der Waals surface area contributed by atoms with Crippen molar-refractivity contribution >= 4 is 43.5 Å². The van der Waals surface area contributed by atoms with Crippen LogP contribution in [0.3, 0.4) is 0 Å². The zero-order chi connectivity index (χ0) is 13.1. The predicted molar refractivity (Wildman–Crippen MR) is 78.8 cm³/mol. The molecule has 0 bridgehead atoms. The van der Waals surface area contributed by atoms with Crippen molar-refractivity contribution in [2.24, 2.45) is 0 Å². The van der Waals surface area contributed by atoms with Gasteiger partial charge in [0.1, 0.15) is 4.60 Å². The first kappa shape index (κ1) is 13.2. The lowest BCUT2D eigenvalue weighted by atomic mass is 10.2. The number of halogens is 2. The van der Waals surface area contributed by atoms with Gasteiger partial charge in [-0.25, -0.2) is 4.98 Å². The number of benzene rings is 1. The third kappa shape index (κ3) is 2.97. The van der Waals surface area contributed by atoms with Crippen molar-refractivity contribution in [2.45, 2.75) is 6.92 Å². The fourth-order valence-electron chi connectivity index (χ4n) is 1.48. The minimum absolute atomic E-state index is 0.163. The average Bonchev–Trinajstić information content (AvgIpc) is 2.35. The van der Waals surface area contributed by atoms with E-state index >= 15 is 0 Å². The van der Waals surface area contributed by atoms with Crippen LogP contribution in [0.1, 0.15) is 15.9 Å². The molecule has 3 nitrogen and oxygen atoms in total. The van der Waals surface area contributed by atoms with Crippen LogP contribution in [0.15, 0.2) is 45.6 Å². The fourth-order valence-corrected chi connectivity index (χ4v) is 2.21. The average molecular weight is 370 g/mol. The van der Waals surface area contributed by atoms with E-state index in [1.54, 1.807) is 18.3 Å². The Morgan fingerprint density at radius 2 is 2.06 bits per heavy atom. The lowest BCUT2D eigenvalue weighted by Gasteiger charge is -2.09. The number of rotatable bonds is 2. The van der Waals surface area contributed by atoms with E-state index in [0.29, 0.717) is 10.2 Å². The fraction of sp³-hybridized carbons (Fsp3) is 0.0769. The minimum atomic E-state index is -0.163. The molecule has 92 valence electrons. The SMILES string of the molecule is Cc1cccc(NC(=O)c2ccnc(Br)c2)c1Br. The van der Waals surface area contributed by atoms with Crippen LogP contribution < -0.4 is 5.32 Å². The highest BCUT2D eigenvalue weighted by Crippen LogP contribution is 2.26. The van der Waals surface area contributed by atoms with Crippen molar-refractivity contribution < 1.29 is 4.79 Å². The molecule has 2 rings (SSSR count). The number of anilines is 1. The maximum atomic E-state index is 12.0. The quantitative estimate of drug-likeness (QED) is 0.807. The van der Waals surface area contributed by atoms with Gasteiger partial charge in [0.15, 0.2) is 0 Å². The van der Waals surface area contributed by atoms with Gasteiger partial charge in [-0.3, -0.25) is 4.79 Å². The maximum absolute atomic E-state index is 12.0. The van der Waals surface area contributed by atoms with Gasteiger partial charge in [0.25, 0.3) is 5.91 Å². The Hall–Kier alpha value is -1.20. The van der Waals surface area contributed by atoms with Crippen LogP contribution >= 0.6 is 31.9 Å². The van der Waals surface area contributed by atoms with E-state index < -0.39 is 0 Å². The van der Waals surface area contributed by atoms with Crippen molar-refractivity contribution in [3.63, 3.8) is 0 Å². The summed E-state index contributed by atoms with van der Waals surface area (Å²) in [4.78, 5) is 16.0. The summed E-state index contributed by atoms with van der Waals surface area (Å²) >= 11 is 6.70. The zero-order valence-electron chi connectivity index (χ0n) is 9.58. The first-order chi connectivity index (χ1) is 8.58. The van der Waals surface area contributed by atoms with Crippen LogP contribution in [0.2, 0.25) is 0 Å². The Bertz CT molecular complexity index is 599. The number of aromatic nitrogens is 1. The molecule has 0 aliphatic heterocycles. The van der Waals surface area contributed by atoms with Crippen LogP contribution in [-0.2, 0) is 0 Å². The summed E-state index contributed by atoms with van der Waals surface area (Å²) < 4.78 is 1.53. The summed E-state index contributed by atoms with van der Waals surface area (Å²) in [6.07, 6.45) is 1.59. The molecule has 1 aromatic carbocycles. The molecule has 0 fully saturated rings. The Labute approximate surface area is 122 Å². The summed E-state index contributed by atoms with van der Waals surface area (Å²) in [6.45, 7) is 1.97. The van der Waals surface area contributed by atoms with Crippen molar-refractivity contribution in [3.05, 3.63) is 56.7 Å². The van der Waals surface area contributed by atoms with Gasteiger partial charge in [-0.15, -0.1) is 0 Å². The number of nitrogens with one attached hydrogen (secondary N) is 1. The van der Waals surface area contributed by atoms with Gasteiger partial charge < -0.3 is 5.32 Å². The molecular weight excluding hydrogens is 360 g/mol. The number of pyridine rings is 1. The molecule has 1 amide bonds. The molecule has 0 saturated carbocycles. The summed E-state index contributed by atoms with van der Waals surface area (Å²) in [5, 5.41) is 2.86. The predicted octanol–water partition coefficient (Wildman–Crippen LogP) is 4.17. The van der Waals surface area contributed by atoms with E-state index in [1.165, 1.54) is 0 Å². The summed E-state index contributed by atoms with van der Waals surface area (Å²) in [5.74, 6) is -0.163. The molecule has 18 heavy (non-hydrogen) atoms. The lowest BCUT2D eigenvalue weighted by molar-refractivity contribution is 0.102. The third-order valence-corrected chi connectivity index (χ3v) is 3.92.